The van der Waals surface area contributed by atoms with Gasteiger partial charge in [0.25, 0.3) is 0 Å². The Hall–Kier alpha value is -1.88. The number of halogens is 2. The van der Waals surface area contributed by atoms with Crippen LogP contribution in [0.4, 0.5) is 8.78 Å². The van der Waals surface area contributed by atoms with Gasteiger partial charge in [-0.2, -0.15) is 0 Å². The number of fused-ring (bicyclic) bond motifs is 1. The summed E-state index contributed by atoms with van der Waals surface area (Å²) in [6.45, 7) is 5.72. The average Bonchev–Trinajstić information content (AvgIpc) is 2.45. The first-order valence-corrected chi connectivity index (χ1v) is 7.11. The Morgan fingerprint density at radius 2 is 1.81 bits per heavy atom. The monoisotopic (exact) mass is 289 g/mol. The van der Waals surface area contributed by atoms with Crippen molar-refractivity contribution < 1.29 is 8.78 Å². The number of nitrogens with zero attached hydrogens (tertiary/aromatic N) is 2. The maximum Gasteiger partial charge on any atom is 0.159 e. The number of hydrogen-bond donors (Lipinski definition) is 1. The fourth-order valence-electron chi connectivity index (χ4n) is 2.68. The van der Waals surface area contributed by atoms with E-state index in [0.29, 0.717) is 17.9 Å². The standard InChI is InChI=1S/C16H17F2N3/c1-9(2)15-13-3-4-19-8-14(13)20-16(21-15)10-5-11(17)7-12(18)6-10/h5-7,9,19H,3-4,8H2,1-2H3. The third-order valence-electron chi connectivity index (χ3n) is 3.64. The molecule has 3 rings (SSSR count). The lowest BCUT2D eigenvalue weighted by atomic mass is 9.97. The molecule has 1 aliphatic heterocycles. The van der Waals surface area contributed by atoms with Crippen molar-refractivity contribution >= 4 is 0 Å². The molecule has 2 heterocycles. The van der Waals surface area contributed by atoms with Crippen molar-refractivity contribution in [1.82, 2.24) is 15.3 Å². The van der Waals surface area contributed by atoms with Gasteiger partial charge in [-0.1, -0.05) is 13.8 Å². The van der Waals surface area contributed by atoms with Crippen LogP contribution in [0, 0.1) is 11.6 Å². The maximum atomic E-state index is 13.4. The average molecular weight is 289 g/mol. The summed E-state index contributed by atoms with van der Waals surface area (Å²) < 4.78 is 26.8. The van der Waals surface area contributed by atoms with E-state index in [1.807, 2.05) is 0 Å². The molecule has 0 saturated carbocycles. The predicted molar refractivity (Wildman–Crippen MR) is 76.9 cm³/mol. The molecule has 1 aromatic carbocycles. The zero-order valence-electron chi connectivity index (χ0n) is 12.1. The summed E-state index contributed by atoms with van der Waals surface area (Å²) in [7, 11) is 0. The summed E-state index contributed by atoms with van der Waals surface area (Å²) in [4.78, 5) is 9.07. The van der Waals surface area contributed by atoms with E-state index in [1.54, 1.807) is 0 Å². The van der Waals surface area contributed by atoms with Gasteiger partial charge in [0, 0.05) is 18.2 Å². The number of nitrogens with one attached hydrogen (secondary N) is 1. The van der Waals surface area contributed by atoms with Crippen molar-refractivity contribution in [2.75, 3.05) is 6.54 Å². The summed E-state index contributed by atoms with van der Waals surface area (Å²) >= 11 is 0. The fourth-order valence-corrected chi connectivity index (χ4v) is 2.68. The summed E-state index contributed by atoms with van der Waals surface area (Å²) in [5.74, 6) is -0.595. The van der Waals surface area contributed by atoms with Crippen LogP contribution in [0.25, 0.3) is 11.4 Å². The van der Waals surface area contributed by atoms with Crippen molar-refractivity contribution in [3.05, 3.63) is 46.8 Å². The number of benzene rings is 1. The number of hydrogen-bond acceptors (Lipinski definition) is 3. The Bertz CT molecular complexity index is 663. The van der Waals surface area contributed by atoms with E-state index < -0.39 is 11.6 Å². The molecule has 0 aliphatic carbocycles. The first-order chi connectivity index (χ1) is 10.0. The van der Waals surface area contributed by atoms with E-state index in [4.69, 9.17) is 0 Å². The lowest BCUT2D eigenvalue weighted by Crippen LogP contribution is -2.27. The molecule has 1 N–H and O–H groups in total. The highest BCUT2D eigenvalue weighted by Crippen LogP contribution is 2.26. The zero-order chi connectivity index (χ0) is 15.0. The summed E-state index contributed by atoms with van der Waals surface area (Å²) in [5, 5.41) is 3.27. The third-order valence-corrected chi connectivity index (χ3v) is 3.64. The van der Waals surface area contributed by atoms with Crippen LogP contribution in [-0.4, -0.2) is 16.5 Å². The highest BCUT2D eigenvalue weighted by Gasteiger charge is 2.20. The van der Waals surface area contributed by atoms with Gasteiger partial charge < -0.3 is 5.32 Å². The first-order valence-electron chi connectivity index (χ1n) is 7.11. The van der Waals surface area contributed by atoms with Crippen molar-refractivity contribution in [1.29, 1.82) is 0 Å². The van der Waals surface area contributed by atoms with Crippen LogP contribution in [-0.2, 0) is 13.0 Å². The maximum absolute atomic E-state index is 13.4. The molecule has 0 unspecified atom stereocenters. The second kappa shape index (κ2) is 5.48. The molecule has 0 spiro atoms. The SMILES string of the molecule is CC(C)c1nc(-c2cc(F)cc(F)c2)nc2c1CCNC2. The predicted octanol–water partition coefficient (Wildman–Crippen LogP) is 3.19. The van der Waals surface area contributed by atoms with Gasteiger partial charge in [0.05, 0.1) is 11.4 Å². The van der Waals surface area contributed by atoms with Gasteiger partial charge >= 0.3 is 0 Å². The van der Waals surface area contributed by atoms with E-state index in [-0.39, 0.29) is 5.92 Å². The van der Waals surface area contributed by atoms with Crippen LogP contribution in [0.2, 0.25) is 0 Å². The molecule has 5 heteroatoms. The van der Waals surface area contributed by atoms with E-state index in [0.717, 1.165) is 30.4 Å². The molecule has 110 valence electrons. The molecule has 0 radical (unpaired) electrons. The summed E-state index contributed by atoms with van der Waals surface area (Å²) in [5.41, 5.74) is 3.45. The van der Waals surface area contributed by atoms with Gasteiger partial charge in [0.1, 0.15) is 11.6 Å². The minimum atomic E-state index is -0.615. The number of aromatic nitrogens is 2. The van der Waals surface area contributed by atoms with Crippen LogP contribution in [0.1, 0.15) is 36.7 Å². The van der Waals surface area contributed by atoms with Gasteiger partial charge in [-0.05, 0) is 36.6 Å². The number of rotatable bonds is 2. The Morgan fingerprint density at radius 1 is 1.10 bits per heavy atom. The van der Waals surface area contributed by atoms with E-state index in [9.17, 15) is 8.78 Å². The molecular weight excluding hydrogens is 272 g/mol. The highest BCUT2D eigenvalue weighted by molar-refractivity contribution is 5.56. The lowest BCUT2D eigenvalue weighted by Gasteiger charge is -2.21. The van der Waals surface area contributed by atoms with Crippen LogP contribution in [0.5, 0.6) is 0 Å². The van der Waals surface area contributed by atoms with Gasteiger partial charge in [-0.3, -0.25) is 0 Å². The minimum Gasteiger partial charge on any atom is -0.311 e. The first kappa shape index (κ1) is 14.1. The minimum absolute atomic E-state index is 0.247. The molecule has 0 saturated heterocycles. The van der Waals surface area contributed by atoms with E-state index >= 15 is 0 Å². The van der Waals surface area contributed by atoms with Crippen molar-refractivity contribution in [3.63, 3.8) is 0 Å². The molecule has 0 amide bonds. The fraction of sp³-hybridized carbons (Fsp3) is 0.375. The molecular formula is C16H17F2N3. The lowest BCUT2D eigenvalue weighted by molar-refractivity contribution is 0.583. The molecule has 0 atom stereocenters. The zero-order valence-corrected chi connectivity index (χ0v) is 12.1. The Kier molecular flexibility index (Phi) is 3.68. The summed E-state index contributed by atoms with van der Waals surface area (Å²) in [6, 6.07) is 3.39. The van der Waals surface area contributed by atoms with Crippen LogP contribution >= 0.6 is 0 Å². The van der Waals surface area contributed by atoms with Gasteiger partial charge in [0.2, 0.25) is 0 Å². The van der Waals surface area contributed by atoms with Crippen LogP contribution in [0.15, 0.2) is 18.2 Å². The van der Waals surface area contributed by atoms with Crippen molar-refractivity contribution in [3.8, 4) is 11.4 Å². The van der Waals surface area contributed by atoms with Gasteiger partial charge in [-0.25, -0.2) is 18.7 Å². The molecule has 1 aromatic heterocycles. The summed E-state index contributed by atoms with van der Waals surface area (Å²) in [6.07, 6.45) is 0.890. The van der Waals surface area contributed by atoms with E-state index in [2.05, 4.69) is 29.1 Å². The van der Waals surface area contributed by atoms with Crippen LogP contribution < -0.4 is 5.32 Å². The van der Waals surface area contributed by atoms with Gasteiger partial charge in [-0.15, -0.1) is 0 Å². The topological polar surface area (TPSA) is 37.8 Å². The van der Waals surface area contributed by atoms with Gasteiger partial charge in [0.15, 0.2) is 5.82 Å². The molecule has 21 heavy (non-hydrogen) atoms. The quantitative estimate of drug-likeness (QED) is 0.922. The molecule has 3 nitrogen and oxygen atoms in total. The second-order valence-corrected chi connectivity index (χ2v) is 5.60. The Morgan fingerprint density at radius 3 is 2.48 bits per heavy atom. The molecule has 1 aliphatic rings. The second-order valence-electron chi connectivity index (χ2n) is 5.60. The largest absolute Gasteiger partial charge is 0.311 e. The van der Waals surface area contributed by atoms with Crippen molar-refractivity contribution in [2.45, 2.75) is 32.7 Å². The van der Waals surface area contributed by atoms with E-state index in [1.165, 1.54) is 17.7 Å². The molecule has 2 aromatic rings. The Labute approximate surface area is 122 Å². The molecule has 0 bridgehead atoms. The third kappa shape index (κ3) is 2.78. The smallest absolute Gasteiger partial charge is 0.159 e. The molecule has 0 fully saturated rings. The highest BCUT2D eigenvalue weighted by atomic mass is 19.1. The normalized spacial score (nSPS) is 14.3. The Balaban J connectivity index is 2.17. The van der Waals surface area contributed by atoms with Crippen LogP contribution in [0.3, 0.4) is 0 Å². The van der Waals surface area contributed by atoms with Crippen molar-refractivity contribution in [2.24, 2.45) is 0 Å².